The van der Waals surface area contributed by atoms with Gasteiger partial charge in [-0.3, -0.25) is 20.4 Å². The Morgan fingerprint density at radius 3 is 2.07 bits per heavy atom. The molecular weight excluding hydrogens is 380 g/mol. The van der Waals surface area contributed by atoms with Gasteiger partial charge in [-0.2, -0.15) is 0 Å². The molecule has 6 nitrogen and oxygen atoms in total. The fourth-order valence-electron chi connectivity index (χ4n) is 2.67. The summed E-state index contributed by atoms with van der Waals surface area (Å²) >= 11 is 0. The van der Waals surface area contributed by atoms with Crippen molar-refractivity contribution in [2.45, 2.75) is 20.0 Å². The summed E-state index contributed by atoms with van der Waals surface area (Å²) in [7, 11) is 0. The van der Waals surface area contributed by atoms with Gasteiger partial charge in [-0.25, -0.2) is 0 Å². The molecule has 3 aromatic rings. The van der Waals surface area contributed by atoms with Gasteiger partial charge in [0.1, 0.15) is 11.5 Å². The largest absolute Gasteiger partial charge is 0.484 e. The first-order chi connectivity index (χ1) is 14.5. The molecule has 0 radical (unpaired) electrons. The average Bonchev–Trinajstić information content (AvgIpc) is 2.78. The Labute approximate surface area is 175 Å². The second kappa shape index (κ2) is 10.1. The van der Waals surface area contributed by atoms with E-state index in [1.54, 1.807) is 31.2 Å². The van der Waals surface area contributed by atoms with Crippen molar-refractivity contribution in [3.63, 3.8) is 0 Å². The molecule has 0 aliphatic carbocycles. The third-order valence-corrected chi connectivity index (χ3v) is 4.36. The molecule has 3 aromatic carbocycles. The smallest absolute Gasteiger partial charge is 0.279 e. The van der Waals surface area contributed by atoms with E-state index in [4.69, 9.17) is 9.47 Å². The molecule has 0 saturated carbocycles. The second-order valence-electron chi connectivity index (χ2n) is 6.79. The second-order valence-corrected chi connectivity index (χ2v) is 6.79. The summed E-state index contributed by atoms with van der Waals surface area (Å²) in [6.07, 6.45) is -0.764. The average molecular weight is 404 g/mol. The molecule has 1 atom stereocenters. The molecule has 0 spiro atoms. The lowest BCUT2D eigenvalue weighted by Crippen LogP contribution is -2.48. The number of nitrogens with one attached hydrogen (secondary N) is 2. The van der Waals surface area contributed by atoms with E-state index in [1.165, 1.54) is 0 Å². The van der Waals surface area contributed by atoms with Crippen LogP contribution in [0, 0.1) is 6.92 Å². The van der Waals surface area contributed by atoms with Gasteiger partial charge in [0.05, 0.1) is 0 Å². The Hall–Kier alpha value is -3.80. The van der Waals surface area contributed by atoms with Crippen molar-refractivity contribution in [3.8, 4) is 22.6 Å². The molecule has 0 saturated heterocycles. The van der Waals surface area contributed by atoms with Gasteiger partial charge in [0.25, 0.3) is 11.8 Å². The molecule has 3 rings (SSSR count). The lowest BCUT2D eigenvalue weighted by Gasteiger charge is -2.15. The fraction of sp³-hybridized carbons (Fsp3) is 0.167. The highest BCUT2D eigenvalue weighted by Gasteiger charge is 2.15. The number of rotatable bonds is 7. The molecule has 0 unspecified atom stereocenters. The number of amides is 2. The predicted molar refractivity (Wildman–Crippen MR) is 115 cm³/mol. The van der Waals surface area contributed by atoms with Crippen LogP contribution in [0.4, 0.5) is 0 Å². The first-order valence-electron chi connectivity index (χ1n) is 9.61. The van der Waals surface area contributed by atoms with E-state index in [0.717, 1.165) is 16.7 Å². The van der Waals surface area contributed by atoms with E-state index in [1.807, 2.05) is 61.5 Å². The highest BCUT2D eigenvalue weighted by molar-refractivity contribution is 5.85. The summed E-state index contributed by atoms with van der Waals surface area (Å²) in [5.74, 6) is 0.207. The van der Waals surface area contributed by atoms with Crippen molar-refractivity contribution >= 4 is 11.8 Å². The van der Waals surface area contributed by atoms with Crippen molar-refractivity contribution in [3.05, 3.63) is 84.4 Å². The van der Waals surface area contributed by atoms with Gasteiger partial charge in [-0.1, -0.05) is 60.2 Å². The normalized spacial score (nSPS) is 11.3. The van der Waals surface area contributed by atoms with E-state index in [-0.39, 0.29) is 6.61 Å². The summed E-state index contributed by atoms with van der Waals surface area (Å²) < 4.78 is 11.0. The van der Waals surface area contributed by atoms with Gasteiger partial charge in [-0.15, -0.1) is 0 Å². The molecule has 6 heteroatoms. The van der Waals surface area contributed by atoms with Gasteiger partial charge in [0.15, 0.2) is 12.7 Å². The topological polar surface area (TPSA) is 76.7 Å². The molecule has 0 fully saturated rings. The summed E-state index contributed by atoms with van der Waals surface area (Å²) in [4.78, 5) is 24.0. The minimum absolute atomic E-state index is 0.224. The van der Waals surface area contributed by atoms with Crippen LogP contribution in [0.1, 0.15) is 12.5 Å². The minimum atomic E-state index is -0.764. The van der Waals surface area contributed by atoms with Crippen molar-refractivity contribution in [2.75, 3.05) is 6.61 Å². The van der Waals surface area contributed by atoms with Gasteiger partial charge in [-0.05, 0) is 49.2 Å². The summed E-state index contributed by atoms with van der Waals surface area (Å²) in [5.41, 5.74) is 7.92. The lowest BCUT2D eigenvalue weighted by atomic mass is 10.1. The predicted octanol–water partition coefficient (Wildman–Crippen LogP) is 3.66. The van der Waals surface area contributed by atoms with Gasteiger partial charge < -0.3 is 9.47 Å². The van der Waals surface area contributed by atoms with Crippen LogP contribution in [0.25, 0.3) is 11.1 Å². The third kappa shape index (κ3) is 6.10. The maximum atomic E-state index is 12.1. The fourth-order valence-corrected chi connectivity index (χ4v) is 2.67. The van der Waals surface area contributed by atoms with Crippen LogP contribution in [-0.4, -0.2) is 24.5 Å². The number of hydrogen-bond donors (Lipinski definition) is 2. The van der Waals surface area contributed by atoms with Crippen molar-refractivity contribution < 1.29 is 19.1 Å². The SMILES string of the molecule is Cc1ccc(O[C@H](C)C(=O)NNC(=O)COc2ccc(-c3ccccc3)cc2)cc1. The Kier molecular flexibility index (Phi) is 7.05. The molecule has 0 aliphatic rings. The highest BCUT2D eigenvalue weighted by atomic mass is 16.5. The molecular formula is C24H24N2O4. The maximum absolute atomic E-state index is 12.1. The zero-order chi connectivity index (χ0) is 21.3. The van der Waals surface area contributed by atoms with Crippen LogP contribution < -0.4 is 20.3 Å². The molecule has 2 N–H and O–H groups in total. The van der Waals surface area contributed by atoms with Crippen LogP contribution in [0.5, 0.6) is 11.5 Å². The van der Waals surface area contributed by atoms with Crippen molar-refractivity contribution in [1.82, 2.24) is 10.9 Å². The minimum Gasteiger partial charge on any atom is -0.484 e. The quantitative estimate of drug-likeness (QED) is 0.590. The zero-order valence-electron chi connectivity index (χ0n) is 16.9. The molecule has 154 valence electrons. The Morgan fingerprint density at radius 2 is 1.40 bits per heavy atom. The summed E-state index contributed by atoms with van der Waals surface area (Å²) in [5, 5.41) is 0. The van der Waals surface area contributed by atoms with Crippen molar-refractivity contribution in [1.29, 1.82) is 0 Å². The van der Waals surface area contributed by atoms with E-state index in [9.17, 15) is 9.59 Å². The van der Waals surface area contributed by atoms with Crippen molar-refractivity contribution in [2.24, 2.45) is 0 Å². The van der Waals surface area contributed by atoms with Crippen LogP contribution >= 0.6 is 0 Å². The summed E-state index contributed by atoms with van der Waals surface area (Å²) in [6, 6.07) is 24.8. The first-order valence-corrected chi connectivity index (χ1v) is 9.61. The van der Waals surface area contributed by atoms with E-state index in [0.29, 0.717) is 11.5 Å². The Balaban J connectivity index is 1.41. The van der Waals surface area contributed by atoms with Gasteiger partial charge in [0.2, 0.25) is 0 Å². The molecule has 0 heterocycles. The van der Waals surface area contributed by atoms with Gasteiger partial charge in [0, 0.05) is 0 Å². The molecule has 0 aromatic heterocycles. The monoisotopic (exact) mass is 404 g/mol. The number of aryl methyl sites for hydroxylation is 1. The van der Waals surface area contributed by atoms with Crippen LogP contribution in [0.15, 0.2) is 78.9 Å². The van der Waals surface area contributed by atoms with E-state index >= 15 is 0 Å². The number of benzene rings is 3. The van der Waals surface area contributed by atoms with Gasteiger partial charge >= 0.3 is 0 Å². The number of carbonyl (C=O) groups excluding carboxylic acids is 2. The standard InChI is InChI=1S/C24H24N2O4/c1-17-8-12-22(13-9-17)30-18(2)24(28)26-25-23(27)16-29-21-14-10-20(11-15-21)19-6-4-3-5-7-19/h3-15,18H,16H2,1-2H3,(H,25,27)(H,26,28)/t18-/m1/s1. The van der Waals surface area contributed by atoms with E-state index in [2.05, 4.69) is 10.9 Å². The van der Waals surface area contributed by atoms with Crippen LogP contribution in [-0.2, 0) is 9.59 Å². The maximum Gasteiger partial charge on any atom is 0.279 e. The Morgan fingerprint density at radius 1 is 0.800 bits per heavy atom. The van der Waals surface area contributed by atoms with Crippen LogP contribution in [0.2, 0.25) is 0 Å². The molecule has 2 amide bonds. The Bertz CT molecular complexity index is 970. The number of carbonyl (C=O) groups is 2. The lowest BCUT2D eigenvalue weighted by molar-refractivity contribution is -0.133. The van der Waals surface area contributed by atoms with E-state index < -0.39 is 17.9 Å². The number of ether oxygens (including phenoxy) is 2. The number of hydrogen-bond acceptors (Lipinski definition) is 4. The third-order valence-electron chi connectivity index (χ3n) is 4.36. The zero-order valence-corrected chi connectivity index (χ0v) is 16.9. The highest BCUT2D eigenvalue weighted by Crippen LogP contribution is 2.22. The van der Waals surface area contributed by atoms with Crippen LogP contribution in [0.3, 0.4) is 0 Å². The molecule has 0 bridgehead atoms. The molecule has 0 aliphatic heterocycles. The number of hydrazine groups is 1. The first kappa shape index (κ1) is 20.9. The molecule has 30 heavy (non-hydrogen) atoms. The summed E-state index contributed by atoms with van der Waals surface area (Å²) in [6.45, 7) is 3.35.